The Bertz CT molecular complexity index is 2690. The van der Waals surface area contributed by atoms with E-state index in [0.717, 1.165) is 0 Å². The summed E-state index contributed by atoms with van der Waals surface area (Å²) < 4.78 is 0. The van der Waals surface area contributed by atoms with Crippen LogP contribution in [-0.4, -0.2) is 0 Å². The molecule has 9 aromatic carbocycles. The molecule has 0 saturated carbocycles. The van der Waals surface area contributed by atoms with Gasteiger partial charge in [0.25, 0.3) is 0 Å². The maximum absolute atomic E-state index is 2.38. The summed E-state index contributed by atoms with van der Waals surface area (Å²) in [6, 6.07) is 73.9. The minimum Gasteiger partial charge on any atom is -0.0622 e. The summed E-state index contributed by atoms with van der Waals surface area (Å²) in [6.07, 6.45) is 0. The van der Waals surface area contributed by atoms with Gasteiger partial charge in [-0.1, -0.05) is 200 Å². The van der Waals surface area contributed by atoms with Crippen molar-refractivity contribution in [3.63, 3.8) is 0 Å². The molecule has 238 valence electrons. The molecular formula is C50H33P. The molecule has 1 atom stereocenters. The Balaban J connectivity index is 1.17. The monoisotopic (exact) mass is 664 g/mol. The molecule has 0 N–H and O–H groups in total. The predicted molar refractivity (Wildman–Crippen MR) is 221 cm³/mol. The van der Waals surface area contributed by atoms with Gasteiger partial charge in [0, 0.05) is 0 Å². The first-order valence-corrected chi connectivity index (χ1v) is 19.0. The summed E-state index contributed by atoms with van der Waals surface area (Å²) in [5, 5.41) is 9.27. The topological polar surface area (TPSA) is 0 Å². The largest absolute Gasteiger partial charge is 0.0622 e. The molecule has 51 heavy (non-hydrogen) atoms. The first-order valence-electron chi connectivity index (χ1n) is 17.6. The number of hydrogen-bond acceptors (Lipinski definition) is 0. The second kappa shape index (κ2) is 12.4. The van der Waals surface area contributed by atoms with Gasteiger partial charge in [-0.3, -0.25) is 0 Å². The van der Waals surface area contributed by atoms with Crippen molar-refractivity contribution in [2.75, 3.05) is 0 Å². The van der Waals surface area contributed by atoms with E-state index >= 15 is 0 Å². The van der Waals surface area contributed by atoms with Crippen LogP contribution in [0.15, 0.2) is 200 Å². The lowest BCUT2D eigenvalue weighted by Gasteiger charge is -2.22. The van der Waals surface area contributed by atoms with Gasteiger partial charge in [-0.15, -0.1) is 0 Å². The number of hydrogen-bond donors (Lipinski definition) is 0. The molecule has 1 aliphatic rings. The van der Waals surface area contributed by atoms with Gasteiger partial charge >= 0.3 is 0 Å². The van der Waals surface area contributed by atoms with Crippen molar-refractivity contribution in [3.8, 4) is 55.6 Å². The third-order valence-electron chi connectivity index (χ3n) is 10.4. The predicted octanol–water partition coefficient (Wildman–Crippen LogP) is 12.4. The van der Waals surface area contributed by atoms with Crippen molar-refractivity contribution >= 4 is 45.4 Å². The highest BCUT2D eigenvalue weighted by atomic mass is 31.1. The summed E-state index contributed by atoms with van der Waals surface area (Å²) in [5.41, 5.74) is 13.0. The lowest BCUT2D eigenvalue weighted by molar-refractivity contribution is 1.63. The zero-order valence-electron chi connectivity index (χ0n) is 28.0. The molecule has 0 radical (unpaired) electrons. The molecule has 1 aliphatic carbocycles. The minimum atomic E-state index is -0.749. The maximum atomic E-state index is 2.38. The molecule has 0 nitrogen and oxygen atoms in total. The zero-order chi connectivity index (χ0) is 33.7. The molecule has 9 aromatic rings. The Morgan fingerprint density at radius 2 is 0.647 bits per heavy atom. The molecule has 0 heterocycles. The van der Waals surface area contributed by atoms with Crippen LogP contribution in [0.25, 0.3) is 77.2 Å². The maximum Gasteiger partial charge on any atom is -0.000742 e. The molecule has 0 saturated heterocycles. The molecule has 0 fully saturated rings. The zero-order valence-corrected chi connectivity index (χ0v) is 28.9. The van der Waals surface area contributed by atoms with Gasteiger partial charge in [-0.05, 0) is 101 Å². The van der Waals surface area contributed by atoms with Gasteiger partial charge in [0.1, 0.15) is 0 Å². The SMILES string of the molecule is c1ccc(-c2ccc(P(c3ccccc3)c3ccc(-c4c5c(c(-c6ccccc6)c6ccccc46)-c4cccc6cccc-5c46)cc3)cc2)cc1. The molecular weight excluding hydrogens is 632 g/mol. The van der Waals surface area contributed by atoms with E-state index in [1.807, 2.05) is 0 Å². The van der Waals surface area contributed by atoms with Crippen molar-refractivity contribution in [2.24, 2.45) is 0 Å². The lowest BCUT2D eigenvalue weighted by Crippen LogP contribution is -2.20. The number of rotatable bonds is 6. The normalized spacial score (nSPS) is 12.2. The molecule has 1 heteroatoms. The third kappa shape index (κ3) is 4.95. The second-order valence-electron chi connectivity index (χ2n) is 13.3. The molecule has 0 bridgehead atoms. The fourth-order valence-electron chi connectivity index (χ4n) is 8.17. The van der Waals surface area contributed by atoms with Crippen LogP contribution in [0, 0.1) is 0 Å². The first-order chi connectivity index (χ1) is 25.3. The van der Waals surface area contributed by atoms with Crippen LogP contribution in [0.1, 0.15) is 0 Å². The van der Waals surface area contributed by atoms with Crippen LogP contribution in [0.3, 0.4) is 0 Å². The third-order valence-corrected chi connectivity index (χ3v) is 12.8. The van der Waals surface area contributed by atoms with E-state index < -0.39 is 7.92 Å². The highest BCUT2D eigenvalue weighted by molar-refractivity contribution is 7.79. The van der Waals surface area contributed by atoms with Crippen LogP contribution in [-0.2, 0) is 0 Å². The van der Waals surface area contributed by atoms with Crippen molar-refractivity contribution in [1.82, 2.24) is 0 Å². The average Bonchev–Trinajstić information content (AvgIpc) is 3.54. The second-order valence-corrected chi connectivity index (χ2v) is 15.5. The van der Waals surface area contributed by atoms with Crippen molar-refractivity contribution < 1.29 is 0 Å². The molecule has 0 spiro atoms. The van der Waals surface area contributed by atoms with E-state index in [-0.39, 0.29) is 0 Å². The Hall–Kier alpha value is -6.07. The Morgan fingerprint density at radius 3 is 1.18 bits per heavy atom. The molecule has 0 aliphatic heterocycles. The van der Waals surface area contributed by atoms with Crippen molar-refractivity contribution in [3.05, 3.63) is 200 Å². The van der Waals surface area contributed by atoms with Gasteiger partial charge in [-0.25, -0.2) is 0 Å². The van der Waals surface area contributed by atoms with Gasteiger partial charge < -0.3 is 0 Å². The van der Waals surface area contributed by atoms with Gasteiger partial charge in [-0.2, -0.15) is 0 Å². The molecule has 0 amide bonds. The number of fused-ring (bicyclic) bond motifs is 4. The van der Waals surface area contributed by atoms with E-state index in [0.29, 0.717) is 0 Å². The van der Waals surface area contributed by atoms with Crippen molar-refractivity contribution in [2.45, 2.75) is 0 Å². The van der Waals surface area contributed by atoms with E-state index in [1.54, 1.807) is 0 Å². The van der Waals surface area contributed by atoms with Gasteiger partial charge in [0.05, 0.1) is 0 Å². The Morgan fingerprint density at radius 1 is 0.255 bits per heavy atom. The fourth-order valence-corrected chi connectivity index (χ4v) is 10.4. The minimum absolute atomic E-state index is 0.749. The summed E-state index contributed by atoms with van der Waals surface area (Å²) in [5.74, 6) is 0. The smallest absolute Gasteiger partial charge is 0.000742 e. The number of benzene rings is 9. The summed E-state index contributed by atoms with van der Waals surface area (Å²) in [4.78, 5) is 0. The van der Waals surface area contributed by atoms with Crippen LogP contribution < -0.4 is 15.9 Å². The van der Waals surface area contributed by atoms with Crippen molar-refractivity contribution in [1.29, 1.82) is 0 Å². The first kappa shape index (κ1) is 29.8. The van der Waals surface area contributed by atoms with Gasteiger partial charge in [0.15, 0.2) is 0 Å². The van der Waals surface area contributed by atoms with Gasteiger partial charge in [0.2, 0.25) is 0 Å². The van der Waals surface area contributed by atoms with Crippen LogP contribution in [0.4, 0.5) is 0 Å². The molecule has 1 unspecified atom stereocenters. The molecule has 0 aromatic heterocycles. The highest BCUT2D eigenvalue weighted by Gasteiger charge is 2.30. The summed E-state index contributed by atoms with van der Waals surface area (Å²) in [7, 11) is -0.749. The molecule has 10 rings (SSSR count). The van der Waals surface area contributed by atoms with Crippen LogP contribution >= 0.6 is 7.92 Å². The van der Waals surface area contributed by atoms with Crippen LogP contribution in [0.5, 0.6) is 0 Å². The highest BCUT2D eigenvalue weighted by Crippen LogP contribution is 2.57. The Labute approximate surface area is 300 Å². The van der Waals surface area contributed by atoms with E-state index in [2.05, 4.69) is 200 Å². The lowest BCUT2D eigenvalue weighted by atomic mass is 9.82. The summed E-state index contributed by atoms with van der Waals surface area (Å²) >= 11 is 0. The average molecular weight is 665 g/mol. The standard InChI is InChI=1S/C50H33P/c1-4-14-34(15-5-1)35-26-30-40(31-27-35)51(39-20-8-3-9-21-39)41-32-28-38(29-33-41)48-43-23-11-10-22-42(43)47(37-16-6-2-7-17-37)49-44-24-12-18-36-19-13-25-45(46(36)44)50(48)49/h1-33H. The van der Waals surface area contributed by atoms with E-state index in [4.69, 9.17) is 0 Å². The van der Waals surface area contributed by atoms with E-state index in [1.165, 1.54) is 93.1 Å². The fraction of sp³-hybridized carbons (Fsp3) is 0. The van der Waals surface area contributed by atoms with Crippen LogP contribution in [0.2, 0.25) is 0 Å². The Kier molecular flexibility index (Phi) is 7.23. The van der Waals surface area contributed by atoms with E-state index in [9.17, 15) is 0 Å². The quantitative estimate of drug-likeness (QED) is 0.155. The summed E-state index contributed by atoms with van der Waals surface area (Å²) in [6.45, 7) is 0.